The van der Waals surface area contributed by atoms with Gasteiger partial charge in [0.15, 0.2) is 0 Å². The van der Waals surface area contributed by atoms with Crippen molar-refractivity contribution in [2.45, 2.75) is 13.1 Å². The standard InChI is InChI=1S/C9H7F3O2/c1-5-4-6(8(13)14)2-3-7(5)9(10,11)12/h2-4H,1H3,(H,13,14). The highest BCUT2D eigenvalue weighted by Gasteiger charge is 2.32. The number of hydrogen-bond acceptors (Lipinski definition) is 1. The molecule has 0 unspecified atom stereocenters. The molecule has 1 N–H and O–H groups in total. The van der Waals surface area contributed by atoms with Gasteiger partial charge in [-0.15, -0.1) is 0 Å². The van der Waals surface area contributed by atoms with Gasteiger partial charge >= 0.3 is 12.1 Å². The van der Waals surface area contributed by atoms with Gasteiger partial charge in [0.05, 0.1) is 11.1 Å². The molecule has 0 amide bonds. The Labute approximate surface area is 78.0 Å². The van der Waals surface area contributed by atoms with Crippen LogP contribution in [-0.4, -0.2) is 11.1 Å². The van der Waals surface area contributed by atoms with Crippen molar-refractivity contribution >= 4 is 5.97 Å². The summed E-state index contributed by atoms with van der Waals surface area (Å²) in [7, 11) is 0. The third kappa shape index (κ3) is 2.04. The fourth-order valence-electron chi connectivity index (χ4n) is 1.11. The Morgan fingerprint density at radius 3 is 2.29 bits per heavy atom. The van der Waals surface area contributed by atoms with E-state index in [1.807, 2.05) is 0 Å². The zero-order valence-corrected chi connectivity index (χ0v) is 7.22. The van der Waals surface area contributed by atoms with Gasteiger partial charge in [0, 0.05) is 0 Å². The van der Waals surface area contributed by atoms with Crippen LogP contribution in [0.15, 0.2) is 18.2 Å². The van der Waals surface area contributed by atoms with E-state index in [0.717, 1.165) is 18.2 Å². The number of carbonyl (C=O) groups is 1. The highest BCUT2D eigenvalue weighted by atomic mass is 19.4. The zero-order chi connectivity index (χ0) is 10.9. The lowest BCUT2D eigenvalue weighted by atomic mass is 10.1. The van der Waals surface area contributed by atoms with Crippen LogP contribution in [0.3, 0.4) is 0 Å². The summed E-state index contributed by atoms with van der Waals surface area (Å²) in [5.74, 6) is -1.23. The molecule has 1 rings (SSSR count). The first-order valence-electron chi connectivity index (χ1n) is 3.73. The van der Waals surface area contributed by atoms with E-state index in [1.54, 1.807) is 0 Å². The molecule has 0 aliphatic heterocycles. The normalized spacial score (nSPS) is 11.4. The maximum absolute atomic E-state index is 12.2. The predicted octanol–water partition coefficient (Wildman–Crippen LogP) is 2.71. The van der Waals surface area contributed by atoms with Gasteiger partial charge in [0.1, 0.15) is 0 Å². The molecule has 0 heterocycles. The maximum atomic E-state index is 12.2. The lowest BCUT2D eigenvalue weighted by molar-refractivity contribution is -0.138. The smallest absolute Gasteiger partial charge is 0.416 e. The van der Waals surface area contributed by atoms with E-state index >= 15 is 0 Å². The Morgan fingerprint density at radius 2 is 1.93 bits per heavy atom. The molecule has 0 bridgehead atoms. The predicted molar refractivity (Wildman–Crippen MR) is 43.1 cm³/mol. The van der Waals surface area contributed by atoms with Gasteiger partial charge in [-0.1, -0.05) is 0 Å². The van der Waals surface area contributed by atoms with Gasteiger partial charge in [-0.05, 0) is 30.7 Å². The summed E-state index contributed by atoms with van der Waals surface area (Å²) in [6.45, 7) is 1.23. The number of carboxylic acids is 1. The van der Waals surface area contributed by atoms with Crippen molar-refractivity contribution in [2.75, 3.05) is 0 Å². The van der Waals surface area contributed by atoms with Crippen LogP contribution in [0.5, 0.6) is 0 Å². The van der Waals surface area contributed by atoms with Crippen molar-refractivity contribution < 1.29 is 23.1 Å². The lowest BCUT2D eigenvalue weighted by Gasteiger charge is -2.09. The van der Waals surface area contributed by atoms with Gasteiger partial charge in [0.2, 0.25) is 0 Å². The van der Waals surface area contributed by atoms with E-state index in [4.69, 9.17) is 5.11 Å². The minimum Gasteiger partial charge on any atom is -0.478 e. The monoisotopic (exact) mass is 204 g/mol. The third-order valence-electron chi connectivity index (χ3n) is 1.78. The molecular weight excluding hydrogens is 197 g/mol. The van der Waals surface area contributed by atoms with Crippen molar-refractivity contribution in [2.24, 2.45) is 0 Å². The van der Waals surface area contributed by atoms with E-state index in [0.29, 0.717) is 0 Å². The first kappa shape index (κ1) is 10.6. The van der Waals surface area contributed by atoms with Gasteiger partial charge in [-0.2, -0.15) is 13.2 Å². The fraction of sp³-hybridized carbons (Fsp3) is 0.222. The van der Waals surface area contributed by atoms with E-state index in [1.165, 1.54) is 6.92 Å². The second-order valence-electron chi connectivity index (χ2n) is 2.83. The number of aryl methyl sites for hydroxylation is 1. The molecule has 1 aromatic carbocycles. The molecule has 1 aromatic rings. The van der Waals surface area contributed by atoms with Crippen LogP contribution < -0.4 is 0 Å². The molecule has 2 nitrogen and oxygen atoms in total. The SMILES string of the molecule is Cc1cc(C(=O)O)ccc1C(F)(F)F. The second-order valence-corrected chi connectivity index (χ2v) is 2.83. The molecular formula is C9H7F3O2. The van der Waals surface area contributed by atoms with Crippen LogP contribution in [0.4, 0.5) is 13.2 Å². The van der Waals surface area contributed by atoms with E-state index in [-0.39, 0.29) is 11.1 Å². The average molecular weight is 204 g/mol. The van der Waals surface area contributed by atoms with Gasteiger partial charge in [-0.3, -0.25) is 0 Å². The highest BCUT2D eigenvalue weighted by Crippen LogP contribution is 2.31. The third-order valence-corrected chi connectivity index (χ3v) is 1.78. The van der Waals surface area contributed by atoms with Crippen LogP contribution in [-0.2, 0) is 6.18 Å². The fourth-order valence-corrected chi connectivity index (χ4v) is 1.11. The van der Waals surface area contributed by atoms with Crippen LogP contribution >= 0.6 is 0 Å². The first-order chi connectivity index (χ1) is 6.32. The second kappa shape index (κ2) is 3.32. The quantitative estimate of drug-likeness (QED) is 0.763. The molecule has 0 aliphatic carbocycles. The number of carboxylic acid groups (broad SMARTS) is 1. The van der Waals surface area contributed by atoms with Crippen molar-refractivity contribution in [1.29, 1.82) is 0 Å². The van der Waals surface area contributed by atoms with Crippen LogP contribution in [0.2, 0.25) is 0 Å². The Kier molecular flexibility index (Phi) is 2.51. The van der Waals surface area contributed by atoms with Crippen LogP contribution in [0.25, 0.3) is 0 Å². The molecule has 0 saturated carbocycles. The summed E-state index contributed by atoms with van der Waals surface area (Å²) in [6, 6.07) is 2.72. The number of halogens is 3. The molecule has 0 fully saturated rings. The Morgan fingerprint density at radius 1 is 1.36 bits per heavy atom. The first-order valence-corrected chi connectivity index (χ1v) is 3.73. The minimum atomic E-state index is -4.43. The topological polar surface area (TPSA) is 37.3 Å². The summed E-state index contributed by atoms with van der Waals surface area (Å²) in [5, 5.41) is 8.52. The van der Waals surface area contributed by atoms with Crippen molar-refractivity contribution in [3.05, 3.63) is 34.9 Å². The summed E-state index contributed by atoms with van der Waals surface area (Å²) in [5.41, 5.74) is -1.03. The molecule has 0 radical (unpaired) electrons. The van der Waals surface area contributed by atoms with E-state index in [9.17, 15) is 18.0 Å². The molecule has 76 valence electrons. The molecule has 14 heavy (non-hydrogen) atoms. The average Bonchev–Trinajstić information content (AvgIpc) is 2.01. The highest BCUT2D eigenvalue weighted by molar-refractivity contribution is 5.87. The molecule has 0 atom stereocenters. The Hall–Kier alpha value is -1.52. The number of alkyl halides is 3. The number of rotatable bonds is 1. The van der Waals surface area contributed by atoms with E-state index < -0.39 is 17.7 Å². The number of aromatic carboxylic acids is 1. The van der Waals surface area contributed by atoms with Crippen molar-refractivity contribution in [3.8, 4) is 0 Å². The zero-order valence-electron chi connectivity index (χ0n) is 7.22. The summed E-state index contributed by atoms with van der Waals surface area (Å²) < 4.78 is 36.7. The molecule has 0 saturated heterocycles. The Balaban J connectivity index is 3.21. The largest absolute Gasteiger partial charge is 0.478 e. The number of benzene rings is 1. The molecule has 0 spiro atoms. The van der Waals surface area contributed by atoms with Gasteiger partial charge < -0.3 is 5.11 Å². The molecule has 0 aliphatic rings. The molecule has 0 aromatic heterocycles. The Bertz CT molecular complexity index is 369. The minimum absolute atomic E-state index is 0.0857. The van der Waals surface area contributed by atoms with Crippen LogP contribution in [0, 0.1) is 6.92 Å². The lowest BCUT2D eigenvalue weighted by Crippen LogP contribution is -2.08. The summed E-state index contributed by atoms with van der Waals surface area (Å²) >= 11 is 0. The maximum Gasteiger partial charge on any atom is 0.416 e. The molecule has 5 heteroatoms. The van der Waals surface area contributed by atoms with Gasteiger partial charge in [0.25, 0.3) is 0 Å². The number of hydrogen-bond donors (Lipinski definition) is 1. The summed E-state index contributed by atoms with van der Waals surface area (Å²) in [4.78, 5) is 10.4. The van der Waals surface area contributed by atoms with Crippen LogP contribution in [0.1, 0.15) is 21.5 Å². The van der Waals surface area contributed by atoms with Crippen molar-refractivity contribution in [1.82, 2.24) is 0 Å². The van der Waals surface area contributed by atoms with Gasteiger partial charge in [-0.25, -0.2) is 4.79 Å². The van der Waals surface area contributed by atoms with E-state index in [2.05, 4.69) is 0 Å². The van der Waals surface area contributed by atoms with Crippen molar-refractivity contribution in [3.63, 3.8) is 0 Å². The summed E-state index contributed by atoms with van der Waals surface area (Å²) in [6.07, 6.45) is -4.43.